The highest BCUT2D eigenvalue weighted by Gasteiger charge is 2.30. The molecule has 0 bridgehead atoms. The Morgan fingerprint density at radius 2 is 1.87 bits per heavy atom. The molecule has 15 heavy (non-hydrogen) atoms. The Kier molecular flexibility index (Phi) is 5.79. The quantitative estimate of drug-likeness (QED) is 0.470. The first-order valence-electron chi connectivity index (χ1n) is 5.21. The second-order valence-corrected chi connectivity index (χ2v) is 4.09. The summed E-state index contributed by atoms with van der Waals surface area (Å²) in [5.74, 6) is -0.580. The summed E-state index contributed by atoms with van der Waals surface area (Å²) in [6.07, 6.45) is 0.470. The summed E-state index contributed by atoms with van der Waals surface area (Å²) in [4.78, 5) is 11.7. The van der Waals surface area contributed by atoms with Gasteiger partial charge in [-0.25, -0.2) is 0 Å². The van der Waals surface area contributed by atoms with Gasteiger partial charge in [-0.2, -0.15) is 0 Å². The van der Waals surface area contributed by atoms with Gasteiger partial charge in [-0.1, -0.05) is 13.8 Å². The molecule has 0 aromatic rings. The summed E-state index contributed by atoms with van der Waals surface area (Å²) >= 11 is 0. The van der Waals surface area contributed by atoms with Crippen LogP contribution < -0.4 is 11.1 Å². The zero-order chi connectivity index (χ0) is 12.1. The Bertz CT molecular complexity index is 195. The third-order valence-corrected chi connectivity index (χ3v) is 2.87. The number of amides is 1. The minimum absolute atomic E-state index is 0.241. The minimum Gasteiger partial charge on any atom is -0.394 e. The van der Waals surface area contributed by atoms with Crippen molar-refractivity contribution in [2.45, 2.75) is 38.8 Å². The summed E-state index contributed by atoms with van der Waals surface area (Å²) in [6.45, 7) is 4.70. The van der Waals surface area contributed by atoms with Gasteiger partial charge in [0.15, 0.2) is 0 Å². The van der Waals surface area contributed by atoms with Crippen LogP contribution in [-0.4, -0.2) is 40.9 Å². The van der Waals surface area contributed by atoms with Crippen LogP contribution in [0.2, 0.25) is 0 Å². The van der Waals surface area contributed by atoms with Crippen LogP contribution in [-0.2, 0) is 4.79 Å². The van der Waals surface area contributed by atoms with Crippen molar-refractivity contribution in [3.63, 3.8) is 0 Å². The monoisotopic (exact) mass is 218 g/mol. The maximum atomic E-state index is 11.7. The third-order valence-electron chi connectivity index (χ3n) is 2.87. The number of nitrogens with two attached hydrogens (primary N) is 1. The number of hydrogen-bond acceptors (Lipinski definition) is 4. The van der Waals surface area contributed by atoms with E-state index in [1.54, 1.807) is 20.8 Å². The fourth-order valence-electron chi connectivity index (χ4n) is 1.06. The lowest BCUT2D eigenvalue weighted by atomic mass is 9.95. The first kappa shape index (κ1) is 14.3. The normalized spacial score (nSPS) is 15.9. The van der Waals surface area contributed by atoms with Crippen LogP contribution in [0.5, 0.6) is 0 Å². The van der Waals surface area contributed by atoms with Gasteiger partial charge in [-0.15, -0.1) is 0 Å². The molecule has 1 amide bonds. The Hall–Kier alpha value is -0.650. The van der Waals surface area contributed by atoms with Crippen molar-refractivity contribution in [3.05, 3.63) is 0 Å². The average Bonchev–Trinajstić information content (AvgIpc) is 2.24. The number of carbonyl (C=O) groups is 1. The SMILES string of the molecule is CCC(CO)(CO)NC(=O)C(C)C(C)N. The summed E-state index contributed by atoms with van der Waals surface area (Å²) in [6, 6.07) is -0.253. The van der Waals surface area contributed by atoms with Crippen LogP contribution >= 0.6 is 0 Å². The number of rotatable bonds is 6. The van der Waals surface area contributed by atoms with Crippen molar-refractivity contribution in [1.29, 1.82) is 0 Å². The van der Waals surface area contributed by atoms with E-state index >= 15 is 0 Å². The average molecular weight is 218 g/mol. The number of aliphatic hydroxyl groups is 2. The van der Waals surface area contributed by atoms with E-state index in [0.717, 1.165) is 0 Å². The number of aliphatic hydroxyl groups excluding tert-OH is 2. The molecule has 0 spiro atoms. The third kappa shape index (κ3) is 3.77. The second-order valence-electron chi connectivity index (χ2n) is 4.09. The molecule has 2 unspecified atom stereocenters. The molecule has 2 atom stereocenters. The molecule has 0 heterocycles. The molecule has 5 nitrogen and oxygen atoms in total. The fraction of sp³-hybridized carbons (Fsp3) is 0.900. The standard InChI is InChI=1S/C10H22N2O3/c1-4-10(5-13,6-14)12-9(15)7(2)8(3)11/h7-8,13-14H,4-6,11H2,1-3H3,(H,12,15). The van der Waals surface area contributed by atoms with Gasteiger partial charge in [-0.05, 0) is 13.3 Å². The molecular formula is C10H22N2O3. The van der Waals surface area contributed by atoms with Gasteiger partial charge in [0.25, 0.3) is 0 Å². The summed E-state index contributed by atoms with van der Waals surface area (Å²) < 4.78 is 0. The van der Waals surface area contributed by atoms with Crippen LogP contribution in [0.4, 0.5) is 0 Å². The highest BCUT2D eigenvalue weighted by molar-refractivity contribution is 5.79. The molecule has 90 valence electrons. The molecule has 0 saturated heterocycles. The molecule has 0 saturated carbocycles. The lowest BCUT2D eigenvalue weighted by Crippen LogP contribution is -2.56. The predicted molar refractivity (Wildman–Crippen MR) is 58.1 cm³/mol. The van der Waals surface area contributed by atoms with Crippen molar-refractivity contribution in [2.75, 3.05) is 13.2 Å². The molecule has 0 aromatic carbocycles. The molecule has 5 N–H and O–H groups in total. The lowest BCUT2D eigenvalue weighted by molar-refractivity contribution is -0.128. The van der Waals surface area contributed by atoms with Crippen molar-refractivity contribution in [2.24, 2.45) is 11.7 Å². The number of nitrogens with one attached hydrogen (secondary N) is 1. The zero-order valence-electron chi connectivity index (χ0n) is 9.66. The molecule has 0 aliphatic carbocycles. The van der Waals surface area contributed by atoms with E-state index < -0.39 is 5.54 Å². The summed E-state index contributed by atoms with van der Waals surface area (Å²) in [7, 11) is 0. The Balaban J connectivity index is 4.48. The lowest BCUT2D eigenvalue weighted by Gasteiger charge is -2.31. The Labute approximate surface area is 90.7 Å². The Morgan fingerprint density at radius 1 is 1.40 bits per heavy atom. The first-order valence-corrected chi connectivity index (χ1v) is 5.21. The highest BCUT2D eigenvalue weighted by atomic mass is 16.3. The van der Waals surface area contributed by atoms with Crippen LogP contribution in [0, 0.1) is 5.92 Å². The fourth-order valence-corrected chi connectivity index (χ4v) is 1.06. The van der Waals surface area contributed by atoms with Gasteiger partial charge in [-0.3, -0.25) is 4.79 Å². The largest absolute Gasteiger partial charge is 0.394 e. The number of hydrogen-bond donors (Lipinski definition) is 4. The molecule has 0 fully saturated rings. The van der Waals surface area contributed by atoms with E-state index in [1.807, 2.05) is 0 Å². The summed E-state index contributed by atoms with van der Waals surface area (Å²) in [5, 5.41) is 20.9. The van der Waals surface area contributed by atoms with Crippen molar-refractivity contribution in [3.8, 4) is 0 Å². The topological polar surface area (TPSA) is 95.6 Å². The first-order chi connectivity index (χ1) is 6.92. The Morgan fingerprint density at radius 3 is 2.13 bits per heavy atom. The van der Waals surface area contributed by atoms with Gasteiger partial charge >= 0.3 is 0 Å². The van der Waals surface area contributed by atoms with E-state index in [4.69, 9.17) is 15.9 Å². The molecule has 0 rings (SSSR count). The maximum absolute atomic E-state index is 11.7. The van der Waals surface area contributed by atoms with Crippen LogP contribution in [0.3, 0.4) is 0 Å². The molecule has 0 aliphatic rings. The zero-order valence-corrected chi connectivity index (χ0v) is 9.66. The van der Waals surface area contributed by atoms with Crippen molar-refractivity contribution >= 4 is 5.91 Å². The van der Waals surface area contributed by atoms with Gasteiger partial charge in [0, 0.05) is 12.0 Å². The second kappa shape index (κ2) is 6.05. The highest BCUT2D eigenvalue weighted by Crippen LogP contribution is 2.10. The van der Waals surface area contributed by atoms with Crippen LogP contribution in [0.25, 0.3) is 0 Å². The summed E-state index contributed by atoms with van der Waals surface area (Å²) in [5.41, 5.74) is 4.66. The van der Waals surface area contributed by atoms with E-state index in [1.165, 1.54) is 0 Å². The molecule has 5 heteroatoms. The van der Waals surface area contributed by atoms with E-state index in [9.17, 15) is 4.79 Å². The van der Waals surface area contributed by atoms with Crippen molar-refractivity contribution < 1.29 is 15.0 Å². The van der Waals surface area contributed by atoms with E-state index in [0.29, 0.717) is 6.42 Å². The van der Waals surface area contributed by atoms with Gasteiger partial charge in [0.1, 0.15) is 0 Å². The molecule has 0 aromatic heterocycles. The van der Waals surface area contributed by atoms with Gasteiger partial charge in [0.2, 0.25) is 5.91 Å². The smallest absolute Gasteiger partial charge is 0.224 e. The van der Waals surface area contributed by atoms with E-state index in [2.05, 4.69) is 5.32 Å². The van der Waals surface area contributed by atoms with Crippen LogP contribution in [0.15, 0.2) is 0 Å². The van der Waals surface area contributed by atoms with E-state index in [-0.39, 0.29) is 31.1 Å². The predicted octanol–water partition coefficient (Wildman–Crippen LogP) is -0.781. The van der Waals surface area contributed by atoms with Gasteiger partial charge < -0.3 is 21.3 Å². The van der Waals surface area contributed by atoms with Crippen molar-refractivity contribution in [1.82, 2.24) is 5.32 Å². The van der Waals surface area contributed by atoms with Crippen LogP contribution in [0.1, 0.15) is 27.2 Å². The minimum atomic E-state index is -0.930. The number of carbonyl (C=O) groups excluding carboxylic acids is 1. The van der Waals surface area contributed by atoms with Gasteiger partial charge in [0.05, 0.1) is 18.8 Å². The molecular weight excluding hydrogens is 196 g/mol. The molecule has 0 radical (unpaired) electrons. The maximum Gasteiger partial charge on any atom is 0.224 e. The molecule has 0 aliphatic heterocycles.